The number of benzene rings is 1. The van der Waals surface area contributed by atoms with E-state index in [9.17, 15) is 8.78 Å². The van der Waals surface area contributed by atoms with E-state index in [-0.39, 0.29) is 6.61 Å². The average molecular weight is 186 g/mol. The first kappa shape index (κ1) is 8.29. The molecule has 0 saturated heterocycles. The molecule has 0 fully saturated rings. The van der Waals surface area contributed by atoms with Gasteiger partial charge in [-0.2, -0.15) is 0 Å². The van der Waals surface area contributed by atoms with Crippen LogP contribution in [0.4, 0.5) is 8.78 Å². The summed E-state index contributed by atoms with van der Waals surface area (Å²) >= 11 is 0. The van der Waals surface area contributed by atoms with Gasteiger partial charge in [-0.3, -0.25) is 0 Å². The van der Waals surface area contributed by atoms with Gasteiger partial charge in [-0.05, 0) is 12.1 Å². The third-order valence-corrected chi connectivity index (χ3v) is 1.81. The first-order valence-corrected chi connectivity index (χ1v) is 3.94. The van der Waals surface area contributed by atoms with E-state index >= 15 is 0 Å². The lowest BCUT2D eigenvalue weighted by atomic mass is 10.3. The predicted octanol–water partition coefficient (Wildman–Crippen LogP) is 2.09. The van der Waals surface area contributed by atoms with Gasteiger partial charge in [0.05, 0.1) is 0 Å². The molecule has 13 heavy (non-hydrogen) atoms. The van der Waals surface area contributed by atoms with Gasteiger partial charge in [0.1, 0.15) is 6.61 Å². The van der Waals surface area contributed by atoms with E-state index in [1.807, 2.05) is 0 Å². The summed E-state index contributed by atoms with van der Waals surface area (Å²) in [5, 5.41) is 0. The molecule has 1 aliphatic heterocycles. The van der Waals surface area contributed by atoms with Crippen molar-refractivity contribution < 1.29 is 18.3 Å². The fourth-order valence-electron chi connectivity index (χ4n) is 1.16. The zero-order valence-corrected chi connectivity index (χ0v) is 6.74. The van der Waals surface area contributed by atoms with Gasteiger partial charge >= 0.3 is 0 Å². The van der Waals surface area contributed by atoms with E-state index in [4.69, 9.17) is 9.47 Å². The number of rotatable bonds is 1. The second-order valence-electron chi connectivity index (χ2n) is 2.75. The Morgan fingerprint density at radius 3 is 2.62 bits per heavy atom. The van der Waals surface area contributed by atoms with Gasteiger partial charge in [-0.15, -0.1) is 0 Å². The molecule has 0 bridgehead atoms. The van der Waals surface area contributed by atoms with Gasteiger partial charge in [-0.25, -0.2) is 8.78 Å². The third-order valence-electron chi connectivity index (χ3n) is 1.81. The Labute approximate surface area is 74.1 Å². The lowest BCUT2D eigenvalue weighted by Gasteiger charge is -2.25. The number of halogens is 2. The fourth-order valence-corrected chi connectivity index (χ4v) is 1.16. The normalized spacial score (nSPS) is 20.4. The van der Waals surface area contributed by atoms with Gasteiger partial charge in [0.15, 0.2) is 17.6 Å². The van der Waals surface area contributed by atoms with Crippen LogP contribution in [0.1, 0.15) is 0 Å². The SMILES string of the molecule is FC(F)C1COc2ccccc2O1. The summed E-state index contributed by atoms with van der Waals surface area (Å²) in [6, 6.07) is 6.79. The van der Waals surface area contributed by atoms with E-state index in [1.165, 1.54) is 0 Å². The van der Waals surface area contributed by atoms with E-state index in [0.717, 1.165) is 0 Å². The summed E-state index contributed by atoms with van der Waals surface area (Å²) < 4.78 is 34.5. The first-order valence-electron chi connectivity index (χ1n) is 3.94. The number of hydrogen-bond acceptors (Lipinski definition) is 2. The minimum atomic E-state index is -2.51. The van der Waals surface area contributed by atoms with Crippen LogP contribution in [0, 0.1) is 0 Å². The standard InChI is InChI=1S/C9H8F2O2/c10-9(11)8-5-12-6-3-1-2-4-7(6)13-8/h1-4,8-9H,5H2. The van der Waals surface area contributed by atoms with E-state index < -0.39 is 12.5 Å². The average Bonchev–Trinajstić information content (AvgIpc) is 2.17. The Hall–Kier alpha value is -1.32. The summed E-state index contributed by atoms with van der Waals surface area (Å²) in [7, 11) is 0. The van der Waals surface area contributed by atoms with Crippen molar-refractivity contribution in [1.82, 2.24) is 0 Å². The molecule has 1 aliphatic rings. The number of hydrogen-bond donors (Lipinski definition) is 0. The van der Waals surface area contributed by atoms with Gasteiger partial charge in [0, 0.05) is 0 Å². The zero-order chi connectivity index (χ0) is 9.26. The highest BCUT2D eigenvalue weighted by atomic mass is 19.3. The van der Waals surface area contributed by atoms with Gasteiger partial charge < -0.3 is 9.47 Å². The molecule has 1 aromatic carbocycles. The molecule has 1 atom stereocenters. The van der Waals surface area contributed by atoms with E-state index in [0.29, 0.717) is 11.5 Å². The van der Waals surface area contributed by atoms with Crippen molar-refractivity contribution in [3.05, 3.63) is 24.3 Å². The van der Waals surface area contributed by atoms with Crippen molar-refractivity contribution in [2.75, 3.05) is 6.61 Å². The quantitative estimate of drug-likeness (QED) is 0.668. The Bertz CT molecular complexity index is 301. The molecular formula is C9H8F2O2. The molecule has 0 aromatic heterocycles. The summed E-state index contributed by atoms with van der Waals surface area (Å²) in [6.07, 6.45) is -3.65. The van der Waals surface area contributed by atoms with Crippen molar-refractivity contribution in [2.45, 2.75) is 12.5 Å². The Kier molecular flexibility index (Phi) is 2.04. The Balaban J connectivity index is 2.20. The molecule has 70 valence electrons. The molecule has 1 unspecified atom stereocenters. The topological polar surface area (TPSA) is 18.5 Å². The summed E-state index contributed by atoms with van der Waals surface area (Å²) in [4.78, 5) is 0. The molecule has 0 aliphatic carbocycles. The van der Waals surface area contributed by atoms with Gasteiger partial charge in [0.25, 0.3) is 6.43 Å². The third kappa shape index (κ3) is 1.56. The molecule has 2 nitrogen and oxygen atoms in total. The number of ether oxygens (including phenoxy) is 2. The van der Waals surface area contributed by atoms with Crippen LogP contribution in [0.5, 0.6) is 11.5 Å². The maximum Gasteiger partial charge on any atom is 0.278 e. The van der Waals surface area contributed by atoms with Crippen molar-refractivity contribution >= 4 is 0 Å². The predicted molar refractivity (Wildman–Crippen MR) is 42.4 cm³/mol. The molecule has 0 saturated carbocycles. The van der Waals surface area contributed by atoms with Crippen LogP contribution in [0.15, 0.2) is 24.3 Å². The second-order valence-corrected chi connectivity index (χ2v) is 2.75. The maximum absolute atomic E-state index is 12.2. The van der Waals surface area contributed by atoms with Crippen LogP contribution in [0.2, 0.25) is 0 Å². The van der Waals surface area contributed by atoms with Crippen molar-refractivity contribution in [2.24, 2.45) is 0 Å². The molecule has 0 amide bonds. The Morgan fingerprint density at radius 1 is 1.23 bits per heavy atom. The molecule has 0 radical (unpaired) electrons. The van der Waals surface area contributed by atoms with Crippen LogP contribution in [-0.2, 0) is 0 Å². The molecule has 4 heteroatoms. The lowest BCUT2D eigenvalue weighted by molar-refractivity contribution is -0.0293. The lowest BCUT2D eigenvalue weighted by Crippen LogP contribution is -2.35. The van der Waals surface area contributed by atoms with E-state index in [2.05, 4.69) is 0 Å². The summed E-state index contributed by atoms with van der Waals surface area (Å²) in [5.74, 6) is 0.915. The van der Waals surface area contributed by atoms with Crippen molar-refractivity contribution in [3.8, 4) is 11.5 Å². The molecule has 0 spiro atoms. The van der Waals surface area contributed by atoms with Crippen LogP contribution < -0.4 is 9.47 Å². The highest BCUT2D eigenvalue weighted by molar-refractivity contribution is 5.40. The molecular weight excluding hydrogens is 178 g/mol. The number of alkyl halides is 2. The number of fused-ring (bicyclic) bond motifs is 1. The smallest absolute Gasteiger partial charge is 0.278 e. The molecule has 1 heterocycles. The summed E-state index contributed by atoms with van der Waals surface area (Å²) in [6.45, 7) is -0.0886. The van der Waals surface area contributed by atoms with Crippen LogP contribution in [0.25, 0.3) is 0 Å². The summed E-state index contributed by atoms with van der Waals surface area (Å²) in [5.41, 5.74) is 0. The molecule has 2 rings (SSSR count). The van der Waals surface area contributed by atoms with Crippen LogP contribution in [-0.4, -0.2) is 19.1 Å². The largest absolute Gasteiger partial charge is 0.486 e. The molecule has 0 N–H and O–H groups in total. The second kappa shape index (κ2) is 3.20. The number of para-hydroxylation sites is 2. The highest BCUT2D eigenvalue weighted by Gasteiger charge is 2.28. The van der Waals surface area contributed by atoms with Gasteiger partial charge in [-0.1, -0.05) is 12.1 Å². The first-order chi connectivity index (χ1) is 6.27. The van der Waals surface area contributed by atoms with Crippen LogP contribution in [0.3, 0.4) is 0 Å². The molecule has 1 aromatic rings. The van der Waals surface area contributed by atoms with E-state index in [1.54, 1.807) is 24.3 Å². The van der Waals surface area contributed by atoms with Gasteiger partial charge in [0.2, 0.25) is 0 Å². The fraction of sp³-hybridized carbons (Fsp3) is 0.333. The minimum absolute atomic E-state index is 0.0886. The van der Waals surface area contributed by atoms with Crippen molar-refractivity contribution in [3.63, 3.8) is 0 Å². The zero-order valence-electron chi connectivity index (χ0n) is 6.74. The maximum atomic E-state index is 12.2. The highest BCUT2D eigenvalue weighted by Crippen LogP contribution is 2.32. The Morgan fingerprint density at radius 2 is 1.92 bits per heavy atom. The van der Waals surface area contributed by atoms with Crippen molar-refractivity contribution in [1.29, 1.82) is 0 Å². The minimum Gasteiger partial charge on any atom is -0.486 e. The monoisotopic (exact) mass is 186 g/mol. The van der Waals surface area contributed by atoms with Crippen LogP contribution >= 0.6 is 0 Å².